The molecule has 0 aliphatic rings. The number of amides is 1. The highest BCUT2D eigenvalue weighted by atomic mass is 35.5. The molecule has 5 heteroatoms. The molecule has 0 saturated heterocycles. The molecule has 0 saturated carbocycles. The van der Waals surface area contributed by atoms with E-state index >= 15 is 0 Å². The summed E-state index contributed by atoms with van der Waals surface area (Å²) in [5.41, 5.74) is 0.595. The van der Waals surface area contributed by atoms with Gasteiger partial charge in [0.05, 0.1) is 15.7 Å². The van der Waals surface area contributed by atoms with Crippen LogP contribution in [0.5, 0.6) is 0 Å². The van der Waals surface area contributed by atoms with E-state index in [1.165, 1.54) is 4.90 Å². The SMILES string of the molecule is CCN(C(=O)CCl)c1cccc(Cl)c1Cl. The number of nitrogens with zero attached hydrogens (tertiary/aromatic N) is 1. The van der Waals surface area contributed by atoms with E-state index in [9.17, 15) is 4.79 Å². The molecule has 0 spiro atoms. The maximum Gasteiger partial charge on any atom is 0.241 e. The summed E-state index contributed by atoms with van der Waals surface area (Å²) < 4.78 is 0. The van der Waals surface area contributed by atoms with E-state index in [2.05, 4.69) is 0 Å². The maximum atomic E-state index is 11.5. The summed E-state index contributed by atoms with van der Waals surface area (Å²) in [5.74, 6) is -0.264. The van der Waals surface area contributed by atoms with Crippen LogP contribution in [0.1, 0.15) is 6.92 Å². The van der Waals surface area contributed by atoms with Crippen LogP contribution < -0.4 is 4.90 Å². The Hall–Kier alpha value is -0.440. The predicted octanol–water partition coefficient (Wildman–Crippen LogP) is 3.59. The smallest absolute Gasteiger partial charge is 0.241 e. The molecule has 0 fully saturated rings. The van der Waals surface area contributed by atoms with Crippen LogP contribution in [0, 0.1) is 0 Å². The Morgan fingerprint density at radius 2 is 2.07 bits per heavy atom. The summed E-state index contributed by atoms with van der Waals surface area (Å²) in [6.45, 7) is 2.35. The Kier molecular flexibility index (Phi) is 4.71. The van der Waals surface area contributed by atoms with Gasteiger partial charge in [0.1, 0.15) is 5.88 Å². The lowest BCUT2D eigenvalue weighted by atomic mass is 10.3. The lowest BCUT2D eigenvalue weighted by molar-refractivity contribution is -0.116. The number of carbonyl (C=O) groups excluding carboxylic acids is 1. The molecule has 1 aromatic rings. The van der Waals surface area contributed by atoms with Gasteiger partial charge in [0, 0.05) is 6.54 Å². The first-order valence-electron chi connectivity index (χ1n) is 4.42. The maximum absolute atomic E-state index is 11.5. The van der Waals surface area contributed by atoms with Crippen molar-refractivity contribution in [1.29, 1.82) is 0 Å². The first-order chi connectivity index (χ1) is 7.11. The second-order valence-corrected chi connectivity index (χ2v) is 3.90. The van der Waals surface area contributed by atoms with Gasteiger partial charge in [-0.2, -0.15) is 0 Å². The minimum absolute atomic E-state index is 0.0727. The Balaban J connectivity index is 3.12. The molecule has 2 nitrogen and oxygen atoms in total. The molecule has 15 heavy (non-hydrogen) atoms. The van der Waals surface area contributed by atoms with Gasteiger partial charge in [0.15, 0.2) is 0 Å². The average molecular weight is 267 g/mol. The number of hydrogen-bond acceptors (Lipinski definition) is 1. The van der Waals surface area contributed by atoms with Crippen LogP contribution in [-0.2, 0) is 4.79 Å². The lowest BCUT2D eigenvalue weighted by Gasteiger charge is -2.21. The number of alkyl halides is 1. The summed E-state index contributed by atoms with van der Waals surface area (Å²) in [4.78, 5) is 13.0. The first-order valence-corrected chi connectivity index (χ1v) is 5.71. The van der Waals surface area contributed by atoms with E-state index in [4.69, 9.17) is 34.8 Å². The second-order valence-electron chi connectivity index (χ2n) is 2.84. The van der Waals surface area contributed by atoms with Crippen LogP contribution in [0.4, 0.5) is 5.69 Å². The van der Waals surface area contributed by atoms with E-state index in [1.807, 2.05) is 6.92 Å². The molecule has 0 heterocycles. The van der Waals surface area contributed by atoms with Gasteiger partial charge >= 0.3 is 0 Å². The predicted molar refractivity (Wildman–Crippen MR) is 65.2 cm³/mol. The van der Waals surface area contributed by atoms with Crippen molar-refractivity contribution in [2.75, 3.05) is 17.3 Å². The zero-order valence-electron chi connectivity index (χ0n) is 8.14. The van der Waals surface area contributed by atoms with Gasteiger partial charge in [0.2, 0.25) is 5.91 Å². The van der Waals surface area contributed by atoms with Gasteiger partial charge in [-0.3, -0.25) is 4.79 Å². The summed E-state index contributed by atoms with van der Waals surface area (Å²) in [7, 11) is 0. The third-order valence-electron chi connectivity index (χ3n) is 1.95. The number of hydrogen-bond donors (Lipinski definition) is 0. The highest BCUT2D eigenvalue weighted by molar-refractivity contribution is 6.44. The molecule has 1 aromatic carbocycles. The molecule has 82 valence electrons. The Bertz CT molecular complexity index is 368. The van der Waals surface area contributed by atoms with Gasteiger partial charge in [-0.15, -0.1) is 11.6 Å². The van der Waals surface area contributed by atoms with Crippen molar-refractivity contribution >= 4 is 46.4 Å². The number of anilines is 1. The van der Waals surface area contributed by atoms with Crippen LogP contribution in [-0.4, -0.2) is 18.3 Å². The van der Waals surface area contributed by atoms with Crippen LogP contribution in [0.3, 0.4) is 0 Å². The third-order valence-corrected chi connectivity index (χ3v) is 2.99. The first kappa shape index (κ1) is 12.6. The number of carbonyl (C=O) groups is 1. The average Bonchev–Trinajstić information content (AvgIpc) is 2.24. The van der Waals surface area contributed by atoms with Crippen LogP contribution in [0.15, 0.2) is 18.2 Å². The summed E-state index contributed by atoms with van der Waals surface area (Å²) in [6.07, 6.45) is 0. The largest absolute Gasteiger partial charge is 0.310 e. The molecule has 1 amide bonds. The highest BCUT2D eigenvalue weighted by Gasteiger charge is 2.16. The molecular weight excluding hydrogens is 256 g/mol. The van der Waals surface area contributed by atoms with Crippen molar-refractivity contribution in [3.8, 4) is 0 Å². The van der Waals surface area contributed by atoms with Crippen molar-refractivity contribution in [2.45, 2.75) is 6.92 Å². The van der Waals surface area contributed by atoms with Gasteiger partial charge in [-0.05, 0) is 19.1 Å². The van der Waals surface area contributed by atoms with Crippen LogP contribution in [0.2, 0.25) is 10.0 Å². The normalized spacial score (nSPS) is 10.1. The molecule has 1 rings (SSSR count). The van der Waals surface area contributed by atoms with Crippen molar-refractivity contribution in [3.63, 3.8) is 0 Å². The van der Waals surface area contributed by atoms with E-state index in [0.717, 1.165) is 0 Å². The van der Waals surface area contributed by atoms with E-state index in [1.54, 1.807) is 18.2 Å². The van der Waals surface area contributed by atoms with Gasteiger partial charge < -0.3 is 4.90 Å². The molecule has 0 atom stereocenters. The number of benzene rings is 1. The Morgan fingerprint density at radius 3 is 2.60 bits per heavy atom. The van der Waals surface area contributed by atoms with Crippen molar-refractivity contribution in [1.82, 2.24) is 0 Å². The number of rotatable bonds is 3. The summed E-state index contributed by atoms with van der Waals surface area (Å²) >= 11 is 17.4. The van der Waals surface area contributed by atoms with Gasteiger partial charge in [-0.25, -0.2) is 0 Å². The molecule has 0 N–H and O–H groups in total. The summed E-state index contributed by atoms with van der Waals surface area (Å²) in [6, 6.07) is 5.16. The summed E-state index contributed by atoms with van der Waals surface area (Å²) in [5, 5.41) is 0.800. The Morgan fingerprint density at radius 1 is 1.40 bits per heavy atom. The monoisotopic (exact) mass is 265 g/mol. The topological polar surface area (TPSA) is 20.3 Å². The molecule has 0 aromatic heterocycles. The van der Waals surface area contributed by atoms with Crippen LogP contribution in [0.25, 0.3) is 0 Å². The van der Waals surface area contributed by atoms with E-state index < -0.39 is 0 Å². The quantitative estimate of drug-likeness (QED) is 0.766. The van der Waals surface area contributed by atoms with Crippen LogP contribution >= 0.6 is 34.8 Å². The molecule has 0 unspecified atom stereocenters. The third kappa shape index (κ3) is 2.77. The standard InChI is InChI=1S/C10H10Cl3NO/c1-2-14(9(15)6-11)8-5-3-4-7(12)10(8)13/h3-5H,2,6H2,1H3. The van der Waals surface area contributed by atoms with Crippen molar-refractivity contribution in [3.05, 3.63) is 28.2 Å². The fourth-order valence-corrected chi connectivity index (χ4v) is 1.80. The van der Waals surface area contributed by atoms with E-state index in [0.29, 0.717) is 22.3 Å². The minimum atomic E-state index is -0.191. The molecular formula is C10H10Cl3NO. The van der Waals surface area contributed by atoms with Gasteiger partial charge in [-0.1, -0.05) is 29.3 Å². The van der Waals surface area contributed by atoms with Gasteiger partial charge in [0.25, 0.3) is 0 Å². The Labute approximate surface area is 104 Å². The number of halogens is 3. The van der Waals surface area contributed by atoms with Crippen molar-refractivity contribution < 1.29 is 4.79 Å². The second kappa shape index (κ2) is 5.59. The molecule has 0 bridgehead atoms. The van der Waals surface area contributed by atoms with Crippen molar-refractivity contribution in [2.24, 2.45) is 0 Å². The minimum Gasteiger partial charge on any atom is -0.310 e. The molecule has 0 aliphatic carbocycles. The molecule has 0 radical (unpaired) electrons. The molecule has 0 aliphatic heterocycles. The zero-order valence-corrected chi connectivity index (χ0v) is 10.4. The van der Waals surface area contributed by atoms with E-state index in [-0.39, 0.29) is 11.8 Å². The fourth-order valence-electron chi connectivity index (χ4n) is 1.25. The highest BCUT2D eigenvalue weighted by Crippen LogP contribution is 2.32. The zero-order chi connectivity index (χ0) is 11.4. The lowest BCUT2D eigenvalue weighted by Crippen LogP contribution is -2.31. The fraction of sp³-hybridized carbons (Fsp3) is 0.300.